The molecule has 4 nitrogen and oxygen atoms in total. The number of nitrogens with one attached hydrogen (secondary N) is 1. The topological polar surface area (TPSA) is 45.2 Å². The van der Waals surface area contributed by atoms with E-state index in [4.69, 9.17) is 0 Å². The Morgan fingerprint density at radius 3 is 2.81 bits per heavy atom. The third-order valence-corrected chi connectivity index (χ3v) is 4.95. The van der Waals surface area contributed by atoms with Crippen molar-refractivity contribution in [2.24, 2.45) is 0 Å². The Morgan fingerprint density at radius 1 is 1.19 bits per heavy atom. The van der Waals surface area contributed by atoms with Crippen molar-refractivity contribution in [2.45, 2.75) is 46.5 Å². The number of benzene rings is 1. The zero-order valence-corrected chi connectivity index (χ0v) is 19.3. The monoisotopic (exact) mass is 417 g/mol. The highest BCUT2D eigenvalue weighted by Crippen LogP contribution is 2.17. The molecular formula is C27H35N3O. The first-order chi connectivity index (χ1) is 15.2. The van der Waals surface area contributed by atoms with Gasteiger partial charge < -0.3 is 10.2 Å². The van der Waals surface area contributed by atoms with Gasteiger partial charge in [0.15, 0.2) is 0 Å². The molecule has 1 aliphatic carbocycles. The zero-order chi connectivity index (χ0) is 22.5. The van der Waals surface area contributed by atoms with Crippen LogP contribution in [0.5, 0.6) is 0 Å². The van der Waals surface area contributed by atoms with Gasteiger partial charge in [0.1, 0.15) is 0 Å². The number of carbonyl (C=O) groups is 1. The van der Waals surface area contributed by atoms with E-state index in [0.29, 0.717) is 5.69 Å². The molecule has 1 aromatic heterocycles. The summed E-state index contributed by atoms with van der Waals surface area (Å²) in [6, 6.07) is 9.79. The van der Waals surface area contributed by atoms with Crippen LogP contribution in [0.3, 0.4) is 0 Å². The lowest BCUT2D eigenvalue weighted by Crippen LogP contribution is -2.17. The summed E-state index contributed by atoms with van der Waals surface area (Å²) in [6.07, 6.45) is 18.2. The number of amides is 1. The molecule has 1 aromatic carbocycles. The van der Waals surface area contributed by atoms with E-state index in [2.05, 4.69) is 53.5 Å². The molecule has 0 saturated carbocycles. The smallest absolute Gasteiger partial charge is 0.248 e. The van der Waals surface area contributed by atoms with Crippen molar-refractivity contribution < 1.29 is 4.79 Å². The molecule has 31 heavy (non-hydrogen) atoms. The molecule has 0 fully saturated rings. The predicted molar refractivity (Wildman–Crippen MR) is 133 cm³/mol. The van der Waals surface area contributed by atoms with Gasteiger partial charge in [-0.1, -0.05) is 70.0 Å². The Hall–Kier alpha value is -3.14. The molecule has 1 N–H and O–H groups in total. The second-order valence-electron chi connectivity index (χ2n) is 7.31. The number of nitrogens with zero attached hydrogens (tertiary/aromatic N) is 2. The molecule has 0 spiro atoms. The average molecular weight is 418 g/mol. The van der Waals surface area contributed by atoms with E-state index in [1.54, 1.807) is 12.3 Å². The summed E-state index contributed by atoms with van der Waals surface area (Å²) in [6.45, 7) is 7.28. The number of hydrogen-bond acceptors (Lipinski definition) is 3. The van der Waals surface area contributed by atoms with Gasteiger partial charge in [-0.15, -0.1) is 0 Å². The number of likely N-dealkylation sites (N-methyl/N-ethyl adjacent to an activating group) is 1. The lowest BCUT2D eigenvalue weighted by atomic mass is 10.1. The first-order valence-electron chi connectivity index (χ1n) is 11.3. The molecule has 0 atom stereocenters. The second kappa shape index (κ2) is 13.2. The van der Waals surface area contributed by atoms with Crippen molar-refractivity contribution in [3.63, 3.8) is 0 Å². The van der Waals surface area contributed by atoms with E-state index in [1.807, 2.05) is 50.3 Å². The van der Waals surface area contributed by atoms with Crippen LogP contribution in [0.25, 0.3) is 10.9 Å². The van der Waals surface area contributed by atoms with E-state index in [1.165, 1.54) is 25.0 Å². The Balaban J connectivity index is 0.00000166. The number of aromatic nitrogens is 1. The molecule has 0 aliphatic heterocycles. The van der Waals surface area contributed by atoms with Gasteiger partial charge in [0.2, 0.25) is 5.91 Å². The normalized spacial score (nSPS) is 13.2. The molecule has 164 valence electrons. The molecule has 1 heterocycles. The molecular weight excluding hydrogens is 382 g/mol. The number of fused-ring (bicyclic) bond motifs is 1. The van der Waals surface area contributed by atoms with Crippen LogP contribution in [0, 0.1) is 0 Å². The molecule has 3 rings (SSSR count). The highest BCUT2D eigenvalue weighted by molar-refractivity contribution is 6.00. The summed E-state index contributed by atoms with van der Waals surface area (Å²) in [4.78, 5) is 19.0. The maximum absolute atomic E-state index is 12.3. The van der Waals surface area contributed by atoms with Gasteiger partial charge in [-0.25, -0.2) is 0 Å². The van der Waals surface area contributed by atoms with Gasteiger partial charge in [0.05, 0.1) is 17.4 Å². The highest BCUT2D eigenvalue weighted by Gasteiger charge is 2.04. The van der Waals surface area contributed by atoms with E-state index in [0.717, 1.165) is 29.4 Å². The number of rotatable bonds is 8. The summed E-state index contributed by atoms with van der Waals surface area (Å²) in [5.74, 6) is -0.155. The third-order valence-electron chi connectivity index (χ3n) is 4.95. The molecule has 1 aliphatic rings. The quantitative estimate of drug-likeness (QED) is 0.386. The van der Waals surface area contributed by atoms with Crippen molar-refractivity contribution in [3.05, 3.63) is 84.3 Å². The summed E-state index contributed by atoms with van der Waals surface area (Å²) in [7, 11) is 2.13. The van der Waals surface area contributed by atoms with E-state index < -0.39 is 0 Å². The maximum atomic E-state index is 12.3. The highest BCUT2D eigenvalue weighted by atomic mass is 16.1. The number of carbonyl (C=O) groups excluding carboxylic acids is 1. The average Bonchev–Trinajstić information content (AvgIpc) is 3.05. The van der Waals surface area contributed by atoms with Crippen LogP contribution >= 0.6 is 0 Å². The molecule has 1 amide bonds. The van der Waals surface area contributed by atoms with Gasteiger partial charge in [-0.2, -0.15) is 0 Å². The van der Waals surface area contributed by atoms with Crippen molar-refractivity contribution in [1.82, 2.24) is 9.88 Å². The van der Waals surface area contributed by atoms with Crippen molar-refractivity contribution in [2.75, 3.05) is 18.9 Å². The fourth-order valence-electron chi connectivity index (χ4n) is 3.24. The lowest BCUT2D eigenvalue weighted by molar-refractivity contribution is -0.111. The number of hydrogen-bond donors (Lipinski definition) is 1. The predicted octanol–water partition coefficient (Wildman–Crippen LogP) is 6.65. The maximum Gasteiger partial charge on any atom is 0.248 e. The number of pyridine rings is 1. The molecule has 2 aromatic rings. The minimum absolute atomic E-state index is 0.155. The molecule has 0 saturated heterocycles. The van der Waals surface area contributed by atoms with Crippen LogP contribution in [0.1, 0.15) is 46.5 Å². The molecule has 4 heteroatoms. The second-order valence-corrected chi connectivity index (χ2v) is 7.31. The molecule has 0 unspecified atom stereocenters. The van der Waals surface area contributed by atoms with Crippen LogP contribution in [-0.2, 0) is 4.79 Å². The van der Waals surface area contributed by atoms with Gasteiger partial charge in [0.25, 0.3) is 0 Å². The van der Waals surface area contributed by atoms with E-state index in [9.17, 15) is 4.79 Å². The van der Waals surface area contributed by atoms with E-state index in [-0.39, 0.29) is 5.91 Å². The zero-order valence-electron chi connectivity index (χ0n) is 19.3. The van der Waals surface area contributed by atoms with Crippen molar-refractivity contribution in [3.8, 4) is 0 Å². The minimum Gasteiger partial charge on any atom is -0.375 e. The van der Waals surface area contributed by atoms with Crippen LogP contribution < -0.4 is 5.32 Å². The Kier molecular flexibility index (Phi) is 10.3. The lowest BCUT2D eigenvalue weighted by Gasteiger charge is -2.19. The summed E-state index contributed by atoms with van der Waals surface area (Å²) in [5, 5.41) is 3.89. The first kappa shape index (κ1) is 24.1. The Bertz CT molecular complexity index is 969. The fourth-order valence-corrected chi connectivity index (χ4v) is 3.24. The molecule has 0 bridgehead atoms. The van der Waals surface area contributed by atoms with Gasteiger partial charge in [-0.3, -0.25) is 9.78 Å². The largest absolute Gasteiger partial charge is 0.375 e. The van der Waals surface area contributed by atoms with Crippen LogP contribution in [0.15, 0.2) is 84.3 Å². The Morgan fingerprint density at radius 2 is 2.00 bits per heavy atom. The Labute approximate surface area is 187 Å². The summed E-state index contributed by atoms with van der Waals surface area (Å²) >= 11 is 0. The van der Waals surface area contributed by atoms with Crippen molar-refractivity contribution in [1.29, 1.82) is 0 Å². The van der Waals surface area contributed by atoms with Crippen LogP contribution in [0.2, 0.25) is 0 Å². The van der Waals surface area contributed by atoms with E-state index >= 15 is 0 Å². The first-order valence-corrected chi connectivity index (χ1v) is 11.3. The van der Waals surface area contributed by atoms with Gasteiger partial charge in [0, 0.05) is 30.8 Å². The number of anilines is 1. The van der Waals surface area contributed by atoms with Gasteiger partial charge >= 0.3 is 0 Å². The summed E-state index contributed by atoms with van der Waals surface area (Å²) < 4.78 is 0. The van der Waals surface area contributed by atoms with Gasteiger partial charge in [-0.05, 0) is 42.7 Å². The number of allylic oxidation sites excluding steroid dienone is 6. The standard InChI is InChI=1S/C25H29N3O.C2H6/c1-3-4-7-17-28(2)23-11-8-9-20(13-15-23)14-16-25(29)27-22-18-21-10-5-6-12-24(21)26-19-22;1-2/h5-6,8,10-16,18-19H,3-4,7,9,17H2,1-2H3,(H,27,29);1-2H3/b16-14+;. The summed E-state index contributed by atoms with van der Waals surface area (Å²) in [5.41, 5.74) is 3.92. The SMILES string of the molecule is CC.CCCCCN(C)C1=CC=C(/C=C/C(=O)Nc2cnc3ccccc3c2)CC=C1. The number of para-hydroxylation sites is 1. The number of unbranched alkanes of at least 4 members (excludes halogenated alkanes) is 2. The molecule has 0 radical (unpaired) electrons. The van der Waals surface area contributed by atoms with Crippen LogP contribution in [0.4, 0.5) is 5.69 Å². The van der Waals surface area contributed by atoms with Crippen LogP contribution in [-0.4, -0.2) is 29.4 Å². The van der Waals surface area contributed by atoms with Crippen molar-refractivity contribution >= 4 is 22.5 Å². The third kappa shape index (κ3) is 7.89. The minimum atomic E-state index is -0.155. The fraction of sp³-hybridized carbons (Fsp3) is 0.333.